The highest BCUT2D eigenvalue weighted by Gasteiger charge is 2.28. The lowest BCUT2D eigenvalue weighted by Crippen LogP contribution is -2.21. The Morgan fingerprint density at radius 3 is 2.37 bits per heavy atom. The fourth-order valence-electron chi connectivity index (χ4n) is 3.21. The van der Waals surface area contributed by atoms with Crippen LogP contribution in [0, 0.1) is 0 Å². The monoisotopic (exact) mass is 375 g/mol. The first-order chi connectivity index (χ1) is 13.1. The van der Waals surface area contributed by atoms with Gasteiger partial charge in [-0.1, -0.05) is 12.1 Å². The fourth-order valence-corrected chi connectivity index (χ4v) is 3.21. The molecule has 7 nitrogen and oxygen atoms in total. The molecular formula is C20H25NO6. The first kappa shape index (κ1) is 19.1. The zero-order valence-electron chi connectivity index (χ0n) is 15.7. The van der Waals surface area contributed by atoms with Gasteiger partial charge in [-0.2, -0.15) is 0 Å². The Labute approximate surface area is 158 Å². The standard InChI is InChI=1S/C20H25NO6/c1-23-15-6-4-12(5-7-15)16(21)10-14(22)8-13-9-17(24-2)19-20(18(13)25-3)27-11-26-19/h4-7,9,14,16,22H,8,10-11,21H2,1-3H3/t14-,16+/m0/s1. The third-order valence-corrected chi connectivity index (χ3v) is 4.59. The number of rotatable bonds is 8. The van der Waals surface area contributed by atoms with Crippen molar-refractivity contribution < 1.29 is 28.8 Å². The summed E-state index contributed by atoms with van der Waals surface area (Å²) in [5.74, 6) is 2.87. The average Bonchev–Trinajstić information content (AvgIpc) is 3.17. The number of ether oxygens (including phenoxy) is 5. The molecule has 0 bridgehead atoms. The van der Waals surface area contributed by atoms with E-state index in [1.165, 1.54) is 0 Å². The minimum absolute atomic E-state index is 0.108. The van der Waals surface area contributed by atoms with Gasteiger partial charge in [0.2, 0.25) is 18.3 Å². The maximum absolute atomic E-state index is 10.6. The molecule has 2 atom stereocenters. The van der Waals surface area contributed by atoms with Crippen LogP contribution in [-0.4, -0.2) is 39.3 Å². The van der Waals surface area contributed by atoms with Crippen molar-refractivity contribution in [2.75, 3.05) is 28.1 Å². The normalized spacial score (nSPS) is 14.6. The SMILES string of the molecule is COc1ccc([C@H](N)C[C@@H](O)Cc2cc(OC)c3c(c2OC)OCO3)cc1. The number of fused-ring (bicyclic) bond motifs is 1. The van der Waals surface area contributed by atoms with E-state index in [-0.39, 0.29) is 12.8 Å². The molecule has 146 valence electrons. The van der Waals surface area contributed by atoms with Crippen LogP contribution in [0.4, 0.5) is 0 Å². The van der Waals surface area contributed by atoms with Crippen molar-refractivity contribution in [2.24, 2.45) is 5.73 Å². The van der Waals surface area contributed by atoms with E-state index >= 15 is 0 Å². The van der Waals surface area contributed by atoms with Crippen LogP contribution >= 0.6 is 0 Å². The highest BCUT2D eigenvalue weighted by molar-refractivity contribution is 5.64. The maximum atomic E-state index is 10.6. The summed E-state index contributed by atoms with van der Waals surface area (Å²) in [6.45, 7) is 0.108. The van der Waals surface area contributed by atoms with Crippen LogP contribution in [0.15, 0.2) is 30.3 Å². The lowest BCUT2D eigenvalue weighted by molar-refractivity contribution is 0.154. The van der Waals surface area contributed by atoms with Gasteiger partial charge in [0.1, 0.15) is 5.75 Å². The lowest BCUT2D eigenvalue weighted by Gasteiger charge is -2.19. The molecule has 0 fully saturated rings. The van der Waals surface area contributed by atoms with Crippen molar-refractivity contribution in [3.8, 4) is 28.7 Å². The van der Waals surface area contributed by atoms with Crippen LogP contribution in [0.1, 0.15) is 23.6 Å². The molecule has 0 aliphatic carbocycles. The van der Waals surface area contributed by atoms with Gasteiger partial charge in [0.25, 0.3) is 0 Å². The summed E-state index contributed by atoms with van der Waals surface area (Å²) >= 11 is 0. The molecule has 2 aromatic rings. The highest BCUT2D eigenvalue weighted by atomic mass is 16.7. The molecule has 0 unspecified atom stereocenters. The Morgan fingerprint density at radius 1 is 1.04 bits per heavy atom. The summed E-state index contributed by atoms with van der Waals surface area (Å²) in [7, 11) is 4.73. The topological polar surface area (TPSA) is 92.4 Å². The smallest absolute Gasteiger partial charge is 0.231 e. The molecule has 0 saturated heterocycles. The zero-order chi connectivity index (χ0) is 19.4. The minimum Gasteiger partial charge on any atom is -0.497 e. The van der Waals surface area contributed by atoms with Gasteiger partial charge in [-0.3, -0.25) is 0 Å². The molecule has 0 radical (unpaired) electrons. The maximum Gasteiger partial charge on any atom is 0.231 e. The number of nitrogens with two attached hydrogens (primary N) is 1. The number of benzene rings is 2. The predicted octanol–water partition coefficient (Wildman–Crippen LogP) is 2.43. The summed E-state index contributed by atoms with van der Waals surface area (Å²) in [5, 5.41) is 10.6. The number of hydrogen-bond donors (Lipinski definition) is 2. The van der Waals surface area contributed by atoms with E-state index in [1.807, 2.05) is 24.3 Å². The van der Waals surface area contributed by atoms with E-state index in [1.54, 1.807) is 27.4 Å². The van der Waals surface area contributed by atoms with Gasteiger partial charge in [0, 0.05) is 18.0 Å². The molecule has 7 heteroatoms. The minimum atomic E-state index is -0.666. The summed E-state index contributed by atoms with van der Waals surface area (Å²) < 4.78 is 27.0. The molecule has 0 aromatic heterocycles. The second-order valence-corrected chi connectivity index (χ2v) is 6.31. The fraction of sp³-hybridized carbons (Fsp3) is 0.400. The lowest BCUT2D eigenvalue weighted by atomic mass is 9.96. The third kappa shape index (κ3) is 4.04. The van der Waals surface area contributed by atoms with Crippen molar-refractivity contribution in [2.45, 2.75) is 25.0 Å². The highest BCUT2D eigenvalue weighted by Crippen LogP contribution is 2.49. The summed E-state index contributed by atoms with van der Waals surface area (Å²) in [4.78, 5) is 0. The third-order valence-electron chi connectivity index (χ3n) is 4.59. The van der Waals surface area contributed by atoms with Crippen LogP contribution in [0.25, 0.3) is 0 Å². The first-order valence-electron chi connectivity index (χ1n) is 8.68. The molecule has 0 spiro atoms. The largest absolute Gasteiger partial charge is 0.497 e. The molecule has 27 heavy (non-hydrogen) atoms. The van der Waals surface area contributed by atoms with Gasteiger partial charge in [-0.15, -0.1) is 0 Å². The first-order valence-corrected chi connectivity index (χ1v) is 8.68. The Morgan fingerprint density at radius 2 is 1.74 bits per heavy atom. The van der Waals surface area contributed by atoms with Gasteiger partial charge in [0.05, 0.1) is 27.4 Å². The van der Waals surface area contributed by atoms with E-state index < -0.39 is 6.10 Å². The van der Waals surface area contributed by atoms with Crippen molar-refractivity contribution in [3.63, 3.8) is 0 Å². The Balaban J connectivity index is 1.74. The molecule has 3 rings (SSSR count). The van der Waals surface area contributed by atoms with Gasteiger partial charge in [-0.05, 0) is 30.2 Å². The summed E-state index contributed by atoms with van der Waals surface area (Å²) in [6, 6.07) is 9.02. The van der Waals surface area contributed by atoms with Crippen molar-refractivity contribution >= 4 is 0 Å². The van der Waals surface area contributed by atoms with E-state index in [0.29, 0.717) is 35.8 Å². The Bertz CT molecular complexity index is 777. The van der Waals surface area contributed by atoms with E-state index in [9.17, 15) is 5.11 Å². The second-order valence-electron chi connectivity index (χ2n) is 6.31. The molecule has 3 N–H and O–H groups in total. The number of hydrogen-bond acceptors (Lipinski definition) is 7. The van der Waals surface area contributed by atoms with Crippen molar-refractivity contribution in [1.29, 1.82) is 0 Å². The van der Waals surface area contributed by atoms with Crippen molar-refractivity contribution in [3.05, 3.63) is 41.5 Å². The molecular weight excluding hydrogens is 350 g/mol. The van der Waals surface area contributed by atoms with Crippen molar-refractivity contribution in [1.82, 2.24) is 0 Å². The molecule has 1 aliphatic rings. The molecule has 0 amide bonds. The molecule has 2 aromatic carbocycles. The van der Waals surface area contributed by atoms with Gasteiger partial charge in [-0.25, -0.2) is 0 Å². The summed E-state index contributed by atoms with van der Waals surface area (Å²) in [6.07, 6.45) is 0.0767. The zero-order valence-corrected chi connectivity index (χ0v) is 15.7. The van der Waals surface area contributed by atoms with Crippen LogP contribution in [0.2, 0.25) is 0 Å². The predicted molar refractivity (Wildman–Crippen MR) is 99.9 cm³/mol. The number of methoxy groups -OCH3 is 3. The van der Waals surface area contributed by atoms with Gasteiger partial charge < -0.3 is 34.5 Å². The molecule has 1 heterocycles. The Kier molecular flexibility index (Phi) is 5.93. The molecule has 0 saturated carbocycles. The van der Waals surface area contributed by atoms with Gasteiger partial charge >= 0.3 is 0 Å². The summed E-state index contributed by atoms with van der Waals surface area (Å²) in [5.41, 5.74) is 7.96. The van der Waals surface area contributed by atoms with E-state index in [0.717, 1.165) is 16.9 Å². The van der Waals surface area contributed by atoms with Gasteiger partial charge in [0.15, 0.2) is 11.5 Å². The average molecular weight is 375 g/mol. The van der Waals surface area contributed by atoms with Crippen LogP contribution in [-0.2, 0) is 6.42 Å². The number of aliphatic hydroxyl groups excluding tert-OH is 1. The Hall–Kier alpha value is -2.64. The van der Waals surface area contributed by atoms with Crippen LogP contribution in [0.3, 0.4) is 0 Å². The second kappa shape index (κ2) is 8.37. The van der Waals surface area contributed by atoms with E-state index in [4.69, 9.17) is 29.4 Å². The number of aliphatic hydroxyl groups is 1. The molecule has 1 aliphatic heterocycles. The van der Waals surface area contributed by atoms with Crippen LogP contribution in [0.5, 0.6) is 28.7 Å². The van der Waals surface area contributed by atoms with Crippen LogP contribution < -0.4 is 29.4 Å². The quantitative estimate of drug-likeness (QED) is 0.732. The van der Waals surface area contributed by atoms with E-state index in [2.05, 4.69) is 0 Å².